The summed E-state index contributed by atoms with van der Waals surface area (Å²) in [6.45, 7) is 0. The number of nitrogens with zero attached hydrogens (tertiary/aromatic N) is 6. The Morgan fingerprint density at radius 2 is 0.815 bits per heavy atom. The molecule has 0 spiro atoms. The van der Waals surface area contributed by atoms with Gasteiger partial charge >= 0.3 is 0 Å². The molecule has 290 valence electrons. The molecule has 0 saturated carbocycles. The van der Waals surface area contributed by atoms with E-state index >= 15 is 0 Å². The lowest BCUT2D eigenvalue weighted by Gasteiger charge is -2.21. The van der Waals surface area contributed by atoms with Crippen LogP contribution in [0.1, 0.15) is 5.56 Å². The second-order valence-electron chi connectivity index (χ2n) is 15.5. The molecule has 11 heteroatoms. The maximum Gasteiger partial charge on any atom is 0.164 e. The first-order valence-electron chi connectivity index (χ1n) is 20.8. The van der Waals surface area contributed by atoms with Gasteiger partial charge in [-0.05, 0) is 57.3 Å². The topological polar surface area (TPSA) is 88.2 Å². The molecule has 0 amide bonds. The molecule has 0 aliphatic heterocycles. The van der Waals surface area contributed by atoms with Gasteiger partial charge in [0.15, 0.2) is 23.3 Å². The number of rotatable bonds is 8. The van der Waals surface area contributed by atoms with Crippen LogP contribution in [0, 0.1) is 11.3 Å². The van der Waals surface area contributed by atoms with Gasteiger partial charge in [0.2, 0.25) is 0 Å². The predicted molar refractivity (Wildman–Crippen MR) is 268 cm³/mol. The minimum atomic E-state index is 0.0878. The largest absolute Gasteiger partial charge is 0.228 e. The third-order valence-corrected chi connectivity index (χ3v) is 11.5. The maximum atomic E-state index is 9.76. The Morgan fingerprint density at radius 1 is 0.338 bits per heavy atom. The normalized spacial score (nSPS) is 11.1. The van der Waals surface area contributed by atoms with E-state index in [1.54, 1.807) is 12.1 Å². The van der Waals surface area contributed by atoms with Crippen LogP contribution in [-0.2, 0) is 0 Å². The molecule has 6 nitrogen and oxygen atoms in total. The fourth-order valence-electron chi connectivity index (χ4n) is 8.13. The summed E-state index contributed by atoms with van der Waals surface area (Å²) >= 11 is 0. The van der Waals surface area contributed by atoms with Gasteiger partial charge < -0.3 is 0 Å². The van der Waals surface area contributed by atoms with E-state index in [2.05, 4.69) is 60.7 Å². The van der Waals surface area contributed by atoms with Crippen molar-refractivity contribution in [3.8, 4) is 96.4 Å². The first kappa shape index (κ1) is 41.0. The molecule has 0 saturated heterocycles. The first-order valence-corrected chi connectivity index (χ1v) is 20.8. The van der Waals surface area contributed by atoms with Crippen molar-refractivity contribution in [3.05, 3.63) is 181 Å². The third kappa shape index (κ3) is 7.74. The number of hydrogen-bond donors (Lipinski definition) is 0. The molecule has 0 atom stereocenters. The minimum absolute atomic E-state index is 0.0878. The van der Waals surface area contributed by atoms with E-state index < -0.39 is 0 Å². The van der Waals surface area contributed by atoms with Gasteiger partial charge in [-0.15, -0.1) is 16.4 Å². The fraction of sp³-hybridized carbons (Fsp3) is 0. The van der Waals surface area contributed by atoms with E-state index in [1.165, 1.54) is 0 Å². The monoisotopic (exact) mass is 816 g/mol. The van der Waals surface area contributed by atoms with E-state index in [0.29, 0.717) is 28.6 Å². The zero-order valence-electron chi connectivity index (χ0n) is 34.8. The van der Waals surface area contributed by atoms with Gasteiger partial charge in [0.25, 0.3) is 0 Å². The van der Waals surface area contributed by atoms with Crippen molar-refractivity contribution >= 4 is 77.3 Å². The van der Waals surface area contributed by atoms with Crippen molar-refractivity contribution in [1.29, 1.82) is 5.26 Å². The molecule has 0 fully saturated rings. The number of benzene rings is 8. The van der Waals surface area contributed by atoms with Crippen LogP contribution in [0.4, 0.5) is 0 Å². The van der Waals surface area contributed by atoms with E-state index in [1.807, 2.05) is 109 Å². The Hall–Kier alpha value is -8.08. The van der Waals surface area contributed by atoms with Gasteiger partial charge in [0.05, 0.1) is 23.0 Å². The second-order valence-corrected chi connectivity index (χ2v) is 15.5. The summed E-state index contributed by atoms with van der Waals surface area (Å²) in [4.78, 5) is 25.2. The molecule has 0 unspecified atom stereocenters. The number of hydrogen-bond acceptors (Lipinski definition) is 6. The summed E-state index contributed by atoms with van der Waals surface area (Å²) < 4.78 is 0. The fourth-order valence-corrected chi connectivity index (χ4v) is 8.13. The molecule has 2 heterocycles. The lowest BCUT2D eigenvalue weighted by molar-refractivity contribution is 1.08. The molecule has 10 radical (unpaired) electrons. The summed E-state index contributed by atoms with van der Waals surface area (Å²) in [7, 11) is 32.0. The zero-order chi connectivity index (χ0) is 44.6. The van der Waals surface area contributed by atoms with Gasteiger partial charge in [-0.1, -0.05) is 163 Å². The first-order chi connectivity index (χ1) is 31.7. The Bertz CT molecular complexity index is 3470. The lowest BCUT2D eigenvalue weighted by atomic mass is 9.60. The van der Waals surface area contributed by atoms with Crippen LogP contribution in [0.25, 0.3) is 101 Å². The van der Waals surface area contributed by atoms with Crippen molar-refractivity contribution in [2.24, 2.45) is 0 Å². The van der Waals surface area contributed by atoms with Crippen LogP contribution in [0.5, 0.6) is 0 Å². The average Bonchev–Trinajstić information content (AvgIpc) is 3.37. The Balaban J connectivity index is 1.19. The summed E-state index contributed by atoms with van der Waals surface area (Å²) in [5, 5.41) is 12.0. The molecular weight excluding hydrogens is 787 g/mol. The molecule has 10 aromatic rings. The molecular formula is C54H29B5N6. The Kier molecular flexibility index (Phi) is 10.9. The molecule has 0 N–H and O–H groups in total. The van der Waals surface area contributed by atoms with E-state index in [0.717, 1.165) is 66.7 Å². The molecule has 0 aliphatic rings. The molecule has 0 aliphatic carbocycles. The van der Waals surface area contributed by atoms with Crippen LogP contribution >= 0.6 is 0 Å². The highest BCUT2D eigenvalue weighted by Gasteiger charge is 2.21. The van der Waals surface area contributed by atoms with E-state index in [4.69, 9.17) is 64.2 Å². The van der Waals surface area contributed by atoms with E-state index in [-0.39, 0.29) is 38.7 Å². The van der Waals surface area contributed by atoms with Crippen LogP contribution in [0.2, 0.25) is 0 Å². The second kappa shape index (κ2) is 17.2. The lowest BCUT2D eigenvalue weighted by Crippen LogP contribution is -2.55. The Morgan fingerprint density at radius 3 is 1.48 bits per heavy atom. The van der Waals surface area contributed by atoms with Crippen molar-refractivity contribution in [1.82, 2.24) is 24.9 Å². The smallest absolute Gasteiger partial charge is 0.164 e. The maximum absolute atomic E-state index is 9.76. The highest BCUT2D eigenvalue weighted by atomic mass is 15.0. The highest BCUT2D eigenvalue weighted by Crippen LogP contribution is 2.41. The molecule has 10 rings (SSSR count). The molecule has 2 aromatic heterocycles. The number of nitriles is 1. The van der Waals surface area contributed by atoms with E-state index in [9.17, 15) is 5.26 Å². The number of aromatic nitrogens is 5. The SMILES string of the molecule is [B]c1c([B])c([B])c(-c2nc(-c3ccccc3)nc(-c3ccc(-c4ccccc4-c4cc(-c5cccc6ccccc56)nc(-c5ccccc5)n4)c(-c4ccc(C#N)cc4)c3)n2)c([B])c1[B]. The third-order valence-electron chi connectivity index (χ3n) is 11.5. The summed E-state index contributed by atoms with van der Waals surface area (Å²) in [6, 6.07) is 60.2. The highest BCUT2D eigenvalue weighted by molar-refractivity contribution is 6.68. The van der Waals surface area contributed by atoms with Gasteiger partial charge in [0, 0.05) is 33.4 Å². The molecule has 65 heavy (non-hydrogen) atoms. The number of fused-ring (bicyclic) bond motifs is 1. The Labute approximate surface area is 383 Å². The van der Waals surface area contributed by atoms with Gasteiger partial charge in [-0.3, -0.25) is 0 Å². The van der Waals surface area contributed by atoms with Crippen LogP contribution < -0.4 is 27.3 Å². The average molecular weight is 816 g/mol. The van der Waals surface area contributed by atoms with Crippen LogP contribution in [0.15, 0.2) is 176 Å². The quantitative estimate of drug-likeness (QED) is 0.154. The van der Waals surface area contributed by atoms with Gasteiger partial charge in [-0.2, -0.15) is 5.26 Å². The van der Waals surface area contributed by atoms with Crippen molar-refractivity contribution in [2.75, 3.05) is 0 Å². The summed E-state index contributed by atoms with van der Waals surface area (Å²) in [5.41, 5.74) is 10.6. The van der Waals surface area contributed by atoms with Gasteiger partial charge in [-0.25, -0.2) is 24.9 Å². The minimum Gasteiger partial charge on any atom is -0.228 e. The zero-order valence-corrected chi connectivity index (χ0v) is 34.8. The predicted octanol–water partition coefficient (Wildman–Crippen LogP) is 6.99. The summed E-state index contributed by atoms with van der Waals surface area (Å²) in [5.74, 6) is 1.51. The standard InChI is InChI=1S/C54H29B5N6/c55-46-45(47(56)49(58)50(59)48(46)57)54-64-52(35-15-5-2-6-16-35)63-53(65-54)36-26-27-39(42(28-36)33-24-22-31(30-60)23-25-33)38-19-9-10-20-41(38)44-29-43(61-51(62-44)34-13-3-1-4-14-34)40-21-11-17-32-12-7-8-18-37(32)40/h1-29H. The van der Waals surface area contributed by atoms with Crippen LogP contribution in [-0.4, -0.2) is 64.2 Å². The summed E-state index contributed by atoms with van der Waals surface area (Å²) in [6.07, 6.45) is 0. The van der Waals surface area contributed by atoms with Crippen molar-refractivity contribution in [2.45, 2.75) is 0 Å². The van der Waals surface area contributed by atoms with Crippen molar-refractivity contribution < 1.29 is 0 Å². The van der Waals surface area contributed by atoms with Crippen LogP contribution in [0.3, 0.4) is 0 Å². The molecule has 8 aromatic carbocycles. The van der Waals surface area contributed by atoms with Gasteiger partial charge in [0.1, 0.15) is 39.2 Å². The molecule has 0 bridgehead atoms. The van der Waals surface area contributed by atoms with Crippen molar-refractivity contribution in [3.63, 3.8) is 0 Å².